The van der Waals surface area contributed by atoms with E-state index in [1.165, 1.54) is 29.0 Å². The van der Waals surface area contributed by atoms with E-state index in [1.54, 1.807) is 0 Å². The largest absolute Gasteiger partial charge is 0.469 e. The summed E-state index contributed by atoms with van der Waals surface area (Å²) >= 11 is 0. The third-order valence-electron chi connectivity index (χ3n) is 5.21. The molecule has 0 heterocycles. The summed E-state index contributed by atoms with van der Waals surface area (Å²) in [7, 11) is 1.49. The summed E-state index contributed by atoms with van der Waals surface area (Å²) in [5.74, 6) is -0.397. The van der Waals surface area contributed by atoms with Crippen LogP contribution in [0.5, 0.6) is 0 Å². The van der Waals surface area contributed by atoms with Gasteiger partial charge in [-0.25, -0.2) is 0 Å². The van der Waals surface area contributed by atoms with Crippen LogP contribution in [0.2, 0.25) is 0 Å². The molecule has 2 nitrogen and oxygen atoms in total. The number of rotatable bonds is 6. The van der Waals surface area contributed by atoms with Crippen LogP contribution in [0, 0.1) is 5.41 Å². The lowest BCUT2D eigenvalue weighted by Gasteiger charge is -2.26. The van der Waals surface area contributed by atoms with E-state index in [1.807, 2.05) is 12.1 Å². The second-order valence-corrected chi connectivity index (χ2v) is 8.72. The minimum atomic E-state index is -0.250. The second-order valence-electron chi connectivity index (χ2n) is 8.72. The Bertz CT molecular complexity index is 936. The zero-order chi connectivity index (χ0) is 20.1. The first kappa shape index (κ1) is 20.1. The third-order valence-corrected chi connectivity index (χ3v) is 5.21. The summed E-state index contributed by atoms with van der Waals surface area (Å²) in [6.07, 6.45) is 2.62. The van der Waals surface area contributed by atoms with E-state index in [0.717, 1.165) is 24.8 Å². The van der Waals surface area contributed by atoms with E-state index < -0.39 is 0 Å². The molecule has 0 radical (unpaired) electrons. The summed E-state index contributed by atoms with van der Waals surface area (Å²) in [5.41, 5.74) is 3.69. The molecule has 146 valence electrons. The Balaban J connectivity index is 2.05. The maximum atomic E-state index is 12.7. The van der Waals surface area contributed by atoms with Gasteiger partial charge in [0.15, 0.2) is 0 Å². The van der Waals surface area contributed by atoms with E-state index >= 15 is 0 Å². The molecule has 0 spiro atoms. The van der Waals surface area contributed by atoms with Crippen molar-refractivity contribution in [2.75, 3.05) is 7.11 Å². The Morgan fingerprint density at radius 3 is 2.11 bits per heavy atom. The lowest BCUT2D eigenvalue weighted by atomic mass is 9.79. The number of hydrogen-bond acceptors (Lipinski definition) is 2. The number of carbonyl (C=O) groups is 1. The van der Waals surface area contributed by atoms with Crippen molar-refractivity contribution in [3.8, 4) is 0 Å². The maximum absolute atomic E-state index is 12.7. The van der Waals surface area contributed by atoms with Gasteiger partial charge in [-0.15, -0.1) is 0 Å². The normalized spacial score (nSPS) is 12.7. The number of esters is 1. The Hall–Kier alpha value is -2.61. The van der Waals surface area contributed by atoms with Crippen LogP contribution in [0.4, 0.5) is 0 Å². The zero-order valence-electron chi connectivity index (χ0n) is 17.4. The van der Waals surface area contributed by atoms with Crippen LogP contribution in [-0.4, -0.2) is 13.1 Å². The predicted molar refractivity (Wildman–Crippen MR) is 117 cm³/mol. The van der Waals surface area contributed by atoms with Crippen molar-refractivity contribution in [3.63, 3.8) is 0 Å². The second kappa shape index (κ2) is 8.60. The number of benzene rings is 3. The number of aryl methyl sites for hydroxylation is 2. The Kier molecular flexibility index (Phi) is 6.18. The molecule has 0 saturated carbocycles. The molecule has 3 aromatic rings. The first-order chi connectivity index (χ1) is 13.4. The van der Waals surface area contributed by atoms with Crippen molar-refractivity contribution in [2.24, 2.45) is 5.41 Å². The zero-order valence-corrected chi connectivity index (χ0v) is 17.4. The first-order valence-electron chi connectivity index (χ1n) is 10.0. The van der Waals surface area contributed by atoms with Crippen LogP contribution in [-0.2, 0) is 22.4 Å². The molecule has 0 bridgehead atoms. The summed E-state index contributed by atoms with van der Waals surface area (Å²) < 4.78 is 5.20. The number of carbonyl (C=O) groups excluding carboxylic acids is 1. The van der Waals surface area contributed by atoms with Gasteiger partial charge >= 0.3 is 5.97 Å². The van der Waals surface area contributed by atoms with Crippen molar-refractivity contribution < 1.29 is 9.53 Å². The van der Waals surface area contributed by atoms with Gasteiger partial charge < -0.3 is 4.74 Å². The minimum absolute atomic E-state index is 0.0290. The molecule has 0 N–H and O–H groups in total. The lowest BCUT2D eigenvalue weighted by molar-refractivity contribution is -0.143. The molecule has 3 aromatic carbocycles. The SMILES string of the molecule is COC(=O)C(CC(C)(C)C)c1cc2ccccc2cc1CCc1ccccc1. The van der Waals surface area contributed by atoms with Gasteiger partial charge in [-0.05, 0) is 52.1 Å². The molecule has 0 aliphatic carbocycles. The topological polar surface area (TPSA) is 26.3 Å². The van der Waals surface area contributed by atoms with E-state index in [0.29, 0.717) is 0 Å². The molecule has 0 saturated heterocycles. The number of fused-ring (bicyclic) bond motifs is 1. The minimum Gasteiger partial charge on any atom is -0.469 e. The van der Waals surface area contributed by atoms with E-state index in [9.17, 15) is 4.79 Å². The Morgan fingerprint density at radius 2 is 1.50 bits per heavy atom. The standard InChI is InChI=1S/C26H30O2/c1-26(2,3)18-24(25(27)28-4)23-17-21-13-9-8-12-20(21)16-22(23)15-14-19-10-6-5-7-11-19/h5-13,16-17,24H,14-15,18H2,1-4H3. The number of hydrogen-bond donors (Lipinski definition) is 0. The van der Waals surface area contributed by atoms with Crippen LogP contribution < -0.4 is 0 Å². The summed E-state index contributed by atoms with van der Waals surface area (Å²) in [6.45, 7) is 6.52. The van der Waals surface area contributed by atoms with Gasteiger partial charge in [0.1, 0.15) is 0 Å². The molecule has 0 aliphatic heterocycles. The van der Waals surface area contributed by atoms with E-state index in [4.69, 9.17) is 4.74 Å². The van der Waals surface area contributed by atoms with Gasteiger partial charge in [-0.2, -0.15) is 0 Å². The van der Waals surface area contributed by atoms with Gasteiger partial charge in [-0.3, -0.25) is 4.79 Å². The smallest absolute Gasteiger partial charge is 0.313 e. The highest BCUT2D eigenvalue weighted by atomic mass is 16.5. The summed E-state index contributed by atoms with van der Waals surface area (Å²) in [4.78, 5) is 12.7. The lowest BCUT2D eigenvalue weighted by Crippen LogP contribution is -2.22. The summed E-state index contributed by atoms with van der Waals surface area (Å²) in [6, 6.07) is 23.3. The molecule has 3 rings (SSSR count). The van der Waals surface area contributed by atoms with Crippen molar-refractivity contribution in [1.29, 1.82) is 0 Å². The molecule has 1 atom stereocenters. The predicted octanol–water partition coefficient (Wildman–Crippen LogP) is 6.32. The van der Waals surface area contributed by atoms with Crippen molar-refractivity contribution in [3.05, 3.63) is 83.4 Å². The fourth-order valence-corrected chi connectivity index (χ4v) is 3.84. The monoisotopic (exact) mass is 374 g/mol. The quantitative estimate of drug-likeness (QED) is 0.472. The average Bonchev–Trinajstić information content (AvgIpc) is 2.69. The van der Waals surface area contributed by atoms with Crippen LogP contribution in [0.15, 0.2) is 66.7 Å². The maximum Gasteiger partial charge on any atom is 0.313 e. The molecule has 2 heteroatoms. The van der Waals surface area contributed by atoms with Gasteiger partial charge in [-0.1, -0.05) is 87.5 Å². The van der Waals surface area contributed by atoms with Crippen LogP contribution >= 0.6 is 0 Å². The molecular formula is C26H30O2. The fourth-order valence-electron chi connectivity index (χ4n) is 3.84. The highest BCUT2D eigenvalue weighted by Gasteiger charge is 2.29. The molecule has 0 aromatic heterocycles. The number of ether oxygens (including phenoxy) is 1. The van der Waals surface area contributed by atoms with E-state index in [-0.39, 0.29) is 17.3 Å². The van der Waals surface area contributed by atoms with Gasteiger partial charge in [0.2, 0.25) is 0 Å². The molecular weight excluding hydrogens is 344 g/mol. The Labute approximate surface area is 168 Å². The fraction of sp³-hybridized carbons (Fsp3) is 0.346. The van der Waals surface area contributed by atoms with E-state index in [2.05, 4.69) is 75.4 Å². The molecule has 0 fully saturated rings. The molecule has 1 unspecified atom stereocenters. The van der Waals surface area contributed by atoms with Gasteiger partial charge in [0.05, 0.1) is 13.0 Å². The van der Waals surface area contributed by atoms with Gasteiger partial charge in [0, 0.05) is 0 Å². The molecule has 0 amide bonds. The Morgan fingerprint density at radius 1 is 0.893 bits per heavy atom. The van der Waals surface area contributed by atoms with Crippen LogP contribution in [0.3, 0.4) is 0 Å². The van der Waals surface area contributed by atoms with Crippen molar-refractivity contribution >= 4 is 16.7 Å². The highest BCUT2D eigenvalue weighted by molar-refractivity contribution is 5.87. The highest BCUT2D eigenvalue weighted by Crippen LogP contribution is 2.36. The molecule has 28 heavy (non-hydrogen) atoms. The number of methoxy groups -OCH3 is 1. The van der Waals surface area contributed by atoms with Crippen molar-refractivity contribution in [2.45, 2.75) is 46.0 Å². The van der Waals surface area contributed by atoms with Crippen LogP contribution in [0.25, 0.3) is 10.8 Å². The van der Waals surface area contributed by atoms with Gasteiger partial charge in [0.25, 0.3) is 0 Å². The van der Waals surface area contributed by atoms with Crippen molar-refractivity contribution in [1.82, 2.24) is 0 Å². The molecule has 0 aliphatic rings. The third kappa shape index (κ3) is 5.01. The van der Waals surface area contributed by atoms with Crippen LogP contribution in [0.1, 0.15) is 49.8 Å². The average molecular weight is 375 g/mol. The summed E-state index contributed by atoms with van der Waals surface area (Å²) in [5, 5.41) is 2.39. The first-order valence-corrected chi connectivity index (χ1v) is 10.0.